The van der Waals surface area contributed by atoms with Crippen LogP contribution in [-0.4, -0.2) is 23.6 Å². The molecule has 0 unspecified atom stereocenters. The van der Waals surface area contributed by atoms with Crippen molar-refractivity contribution in [3.8, 4) is 0 Å². The van der Waals surface area contributed by atoms with Crippen molar-refractivity contribution in [3.63, 3.8) is 0 Å². The number of hydrogen-bond acceptors (Lipinski definition) is 4. The van der Waals surface area contributed by atoms with E-state index < -0.39 is 0 Å². The molecule has 2 rings (SSSR count). The van der Waals surface area contributed by atoms with E-state index in [1.165, 1.54) is 0 Å². The van der Waals surface area contributed by atoms with Crippen molar-refractivity contribution in [1.82, 2.24) is 10.3 Å². The summed E-state index contributed by atoms with van der Waals surface area (Å²) >= 11 is 1.61. The first kappa shape index (κ1) is 15.4. The van der Waals surface area contributed by atoms with Gasteiger partial charge in [0.2, 0.25) is 5.91 Å². The van der Waals surface area contributed by atoms with Gasteiger partial charge in [-0.3, -0.25) is 4.79 Å². The molecule has 0 spiro atoms. The smallest absolute Gasteiger partial charge is 0.223 e. The number of amides is 1. The van der Waals surface area contributed by atoms with Crippen LogP contribution in [0.25, 0.3) is 0 Å². The van der Waals surface area contributed by atoms with Gasteiger partial charge >= 0.3 is 0 Å². The van der Waals surface area contributed by atoms with Crippen LogP contribution in [0.15, 0.2) is 5.38 Å². The van der Waals surface area contributed by atoms with E-state index in [1.807, 2.05) is 6.92 Å². The van der Waals surface area contributed by atoms with Gasteiger partial charge in [-0.2, -0.15) is 0 Å². The van der Waals surface area contributed by atoms with E-state index in [4.69, 9.17) is 4.74 Å². The van der Waals surface area contributed by atoms with Gasteiger partial charge in [-0.05, 0) is 19.8 Å². The Morgan fingerprint density at radius 2 is 2.35 bits per heavy atom. The third kappa shape index (κ3) is 4.03. The fourth-order valence-electron chi connectivity index (χ4n) is 2.21. The van der Waals surface area contributed by atoms with Crippen molar-refractivity contribution in [1.29, 1.82) is 0 Å². The molecule has 1 aromatic heterocycles. The van der Waals surface area contributed by atoms with Crippen molar-refractivity contribution in [2.75, 3.05) is 6.61 Å². The van der Waals surface area contributed by atoms with E-state index in [9.17, 15) is 4.79 Å². The first-order valence-corrected chi connectivity index (χ1v) is 8.11. The molecule has 1 fully saturated rings. The molecule has 2 atom stereocenters. The molecule has 1 aliphatic rings. The number of carbonyl (C=O) groups is 1. The number of nitrogens with zero attached hydrogens (tertiary/aromatic N) is 1. The number of thiazole rings is 1. The summed E-state index contributed by atoms with van der Waals surface area (Å²) in [5, 5.41) is 6.07. The summed E-state index contributed by atoms with van der Waals surface area (Å²) in [6.07, 6.45) is 2.62. The largest absolute Gasteiger partial charge is 0.378 e. The third-order valence-electron chi connectivity index (χ3n) is 3.48. The monoisotopic (exact) mass is 296 g/mol. The van der Waals surface area contributed by atoms with Crippen LogP contribution in [0.3, 0.4) is 0 Å². The predicted molar refractivity (Wildman–Crippen MR) is 81.0 cm³/mol. The van der Waals surface area contributed by atoms with E-state index in [0.717, 1.165) is 30.2 Å². The van der Waals surface area contributed by atoms with Crippen molar-refractivity contribution in [2.24, 2.45) is 0 Å². The first-order valence-electron chi connectivity index (χ1n) is 7.23. The van der Waals surface area contributed by atoms with Crippen molar-refractivity contribution in [3.05, 3.63) is 16.1 Å². The van der Waals surface area contributed by atoms with E-state index in [1.54, 1.807) is 11.3 Å². The Balaban J connectivity index is 1.89. The Kier molecular flexibility index (Phi) is 4.81. The van der Waals surface area contributed by atoms with Crippen LogP contribution in [-0.2, 0) is 14.9 Å². The van der Waals surface area contributed by atoms with Crippen LogP contribution >= 0.6 is 11.3 Å². The molecule has 0 radical (unpaired) electrons. The highest BCUT2D eigenvalue weighted by Gasteiger charge is 2.22. The predicted octanol–water partition coefficient (Wildman–Crippen LogP) is 3.19. The van der Waals surface area contributed by atoms with Gasteiger partial charge in [-0.1, -0.05) is 20.8 Å². The van der Waals surface area contributed by atoms with Crippen LogP contribution < -0.4 is 5.32 Å². The molecular formula is C15H24N2O2S. The molecule has 0 aliphatic carbocycles. The molecule has 112 valence electrons. The molecule has 0 bridgehead atoms. The summed E-state index contributed by atoms with van der Waals surface area (Å²) in [4.78, 5) is 16.6. The lowest BCUT2D eigenvalue weighted by atomic mass is 9.93. The standard InChI is InChI=1S/C15H24N2O2S/c1-10(14-17-12(9-20-14)15(2,3)4)16-13(18)8-11-6-5-7-19-11/h9-11H,5-8H2,1-4H3,(H,16,18)/t10-,11+/m0/s1. The highest BCUT2D eigenvalue weighted by atomic mass is 32.1. The molecule has 1 amide bonds. The molecule has 1 aromatic rings. The summed E-state index contributed by atoms with van der Waals surface area (Å²) < 4.78 is 5.49. The van der Waals surface area contributed by atoms with Crippen LogP contribution in [0.5, 0.6) is 0 Å². The molecule has 0 aromatic carbocycles. The minimum Gasteiger partial charge on any atom is -0.378 e. The van der Waals surface area contributed by atoms with Crippen LogP contribution in [0, 0.1) is 0 Å². The average molecular weight is 296 g/mol. The number of ether oxygens (including phenoxy) is 1. The highest BCUT2D eigenvalue weighted by molar-refractivity contribution is 7.09. The molecular weight excluding hydrogens is 272 g/mol. The number of nitrogens with one attached hydrogen (secondary N) is 1. The number of hydrogen-bond donors (Lipinski definition) is 1. The summed E-state index contributed by atoms with van der Waals surface area (Å²) in [7, 11) is 0. The van der Waals surface area contributed by atoms with Gasteiger partial charge in [0.05, 0.1) is 24.3 Å². The van der Waals surface area contributed by atoms with Gasteiger partial charge in [-0.15, -0.1) is 11.3 Å². The highest BCUT2D eigenvalue weighted by Crippen LogP contribution is 2.27. The second-order valence-electron chi connectivity index (χ2n) is 6.45. The summed E-state index contributed by atoms with van der Waals surface area (Å²) in [6, 6.07) is -0.0370. The van der Waals surface area contributed by atoms with E-state index in [0.29, 0.717) is 6.42 Å². The second-order valence-corrected chi connectivity index (χ2v) is 7.34. The average Bonchev–Trinajstić information content (AvgIpc) is 2.97. The maximum absolute atomic E-state index is 12.0. The zero-order valence-corrected chi connectivity index (χ0v) is 13.5. The van der Waals surface area contributed by atoms with Gasteiger partial charge < -0.3 is 10.1 Å². The fraction of sp³-hybridized carbons (Fsp3) is 0.733. The zero-order valence-electron chi connectivity index (χ0n) is 12.7. The Bertz CT molecular complexity index is 459. The van der Waals surface area contributed by atoms with E-state index in [-0.39, 0.29) is 23.5 Å². The molecule has 0 saturated carbocycles. The molecule has 4 nitrogen and oxygen atoms in total. The lowest BCUT2D eigenvalue weighted by Gasteiger charge is -2.16. The van der Waals surface area contributed by atoms with E-state index >= 15 is 0 Å². The molecule has 1 saturated heterocycles. The molecule has 20 heavy (non-hydrogen) atoms. The molecule has 1 N–H and O–H groups in total. The quantitative estimate of drug-likeness (QED) is 0.928. The van der Waals surface area contributed by atoms with Crippen LogP contribution in [0.4, 0.5) is 0 Å². The summed E-state index contributed by atoms with van der Waals surface area (Å²) in [5.74, 6) is 0.0527. The molecule has 2 heterocycles. The number of carbonyl (C=O) groups excluding carboxylic acids is 1. The maximum atomic E-state index is 12.0. The minimum atomic E-state index is -0.0370. The summed E-state index contributed by atoms with van der Waals surface area (Å²) in [6.45, 7) is 9.21. The summed E-state index contributed by atoms with van der Waals surface area (Å²) in [5.41, 5.74) is 1.13. The van der Waals surface area contributed by atoms with Crippen molar-refractivity contribution < 1.29 is 9.53 Å². The van der Waals surface area contributed by atoms with Gasteiger partial charge in [0.15, 0.2) is 0 Å². The third-order valence-corrected chi connectivity index (χ3v) is 4.50. The Morgan fingerprint density at radius 3 is 2.90 bits per heavy atom. The van der Waals surface area contributed by atoms with Crippen molar-refractivity contribution >= 4 is 17.2 Å². The fourth-order valence-corrected chi connectivity index (χ4v) is 3.26. The first-order chi connectivity index (χ1) is 9.36. The topological polar surface area (TPSA) is 51.2 Å². The molecule has 1 aliphatic heterocycles. The van der Waals surface area contributed by atoms with Gasteiger partial charge in [0, 0.05) is 17.4 Å². The van der Waals surface area contributed by atoms with Gasteiger partial charge in [-0.25, -0.2) is 4.98 Å². The van der Waals surface area contributed by atoms with Crippen LogP contribution in [0.2, 0.25) is 0 Å². The maximum Gasteiger partial charge on any atom is 0.223 e. The Labute approximate surface area is 124 Å². The number of rotatable bonds is 4. The Morgan fingerprint density at radius 1 is 1.60 bits per heavy atom. The second kappa shape index (κ2) is 6.22. The van der Waals surface area contributed by atoms with Gasteiger partial charge in [0.25, 0.3) is 0 Å². The Hall–Kier alpha value is -0.940. The zero-order chi connectivity index (χ0) is 14.8. The molecule has 5 heteroatoms. The lowest BCUT2D eigenvalue weighted by Crippen LogP contribution is -2.29. The number of aromatic nitrogens is 1. The van der Waals surface area contributed by atoms with Gasteiger partial charge in [0.1, 0.15) is 5.01 Å². The van der Waals surface area contributed by atoms with Crippen LogP contribution in [0.1, 0.15) is 63.7 Å². The van der Waals surface area contributed by atoms with Crippen molar-refractivity contribution in [2.45, 2.75) is 64.5 Å². The SMILES string of the molecule is C[C@H](NC(=O)C[C@H]1CCCO1)c1nc(C(C)(C)C)cs1. The normalized spacial score (nSPS) is 20.9. The minimum absolute atomic E-state index is 0.0370. The van der Waals surface area contributed by atoms with E-state index in [2.05, 4.69) is 36.5 Å². The lowest BCUT2D eigenvalue weighted by molar-refractivity contribution is -0.123.